The number of hydrogen-bond acceptors (Lipinski definition) is 3. The van der Waals surface area contributed by atoms with Crippen molar-refractivity contribution >= 4 is 0 Å². The molecule has 0 spiro atoms. The first-order chi connectivity index (χ1) is 9.72. The average Bonchev–Trinajstić information content (AvgIpc) is 2.81. The van der Waals surface area contributed by atoms with Crippen molar-refractivity contribution in [3.05, 3.63) is 11.8 Å². The summed E-state index contributed by atoms with van der Waals surface area (Å²) < 4.78 is 7.69. The van der Waals surface area contributed by atoms with Gasteiger partial charge >= 0.3 is 0 Å². The minimum Gasteiger partial charge on any atom is -0.480 e. The molecule has 4 aliphatic rings. The predicted octanol–water partition coefficient (Wildman–Crippen LogP) is 2.32. The van der Waals surface area contributed by atoms with Crippen molar-refractivity contribution in [1.29, 1.82) is 0 Å². The molecule has 1 aromatic rings. The Balaban J connectivity index is 1.74. The van der Waals surface area contributed by atoms with Gasteiger partial charge in [-0.1, -0.05) is 0 Å². The summed E-state index contributed by atoms with van der Waals surface area (Å²) in [5.41, 5.74) is 7.33. The predicted molar refractivity (Wildman–Crippen MR) is 77.7 cm³/mol. The lowest BCUT2D eigenvalue weighted by Crippen LogP contribution is -2.52. The molecule has 0 atom stereocenters. The first-order valence-electron chi connectivity index (χ1n) is 8.06. The van der Waals surface area contributed by atoms with Crippen LogP contribution in [0.1, 0.15) is 44.2 Å². The van der Waals surface area contributed by atoms with E-state index in [1.54, 1.807) is 7.11 Å². The number of hydrogen-bond donors (Lipinski definition) is 1. The molecule has 1 heterocycles. The smallest absolute Gasteiger partial charge is 0.232 e. The third-order valence-corrected chi connectivity index (χ3v) is 5.83. The molecule has 0 radical (unpaired) electrons. The van der Waals surface area contributed by atoms with Gasteiger partial charge in [0.1, 0.15) is 0 Å². The van der Waals surface area contributed by atoms with Crippen LogP contribution in [0.5, 0.6) is 5.88 Å². The van der Waals surface area contributed by atoms with Crippen molar-refractivity contribution in [2.24, 2.45) is 23.5 Å². The van der Waals surface area contributed by atoms with Crippen molar-refractivity contribution in [3.63, 3.8) is 0 Å². The summed E-state index contributed by atoms with van der Waals surface area (Å²) in [5, 5.41) is 4.78. The highest BCUT2D eigenvalue weighted by molar-refractivity contribution is 5.20. The topological polar surface area (TPSA) is 53.1 Å². The van der Waals surface area contributed by atoms with Gasteiger partial charge in [-0.05, 0) is 62.8 Å². The molecule has 4 heteroatoms. The Hall–Kier alpha value is -1.03. The van der Waals surface area contributed by atoms with E-state index >= 15 is 0 Å². The Morgan fingerprint density at radius 2 is 1.85 bits per heavy atom. The lowest BCUT2D eigenvalue weighted by molar-refractivity contribution is -0.0510. The van der Waals surface area contributed by atoms with Crippen LogP contribution in [0.2, 0.25) is 0 Å². The van der Waals surface area contributed by atoms with E-state index in [-0.39, 0.29) is 5.54 Å². The van der Waals surface area contributed by atoms with Gasteiger partial charge in [0.15, 0.2) is 0 Å². The summed E-state index contributed by atoms with van der Waals surface area (Å²) in [4.78, 5) is 0. The van der Waals surface area contributed by atoms with Crippen molar-refractivity contribution in [2.45, 2.75) is 50.5 Å². The molecule has 110 valence electrons. The Bertz CT molecular complexity index is 473. The maximum atomic E-state index is 5.79. The van der Waals surface area contributed by atoms with E-state index in [9.17, 15) is 0 Å². The monoisotopic (exact) mass is 275 g/mol. The van der Waals surface area contributed by atoms with E-state index in [1.165, 1.54) is 44.2 Å². The number of rotatable bonds is 4. The standard InChI is InChI=1S/C16H25N3O/c1-20-15-7-14(2-3-17)19(18-15)16-8-11-4-12(9-16)6-13(5-11)10-16/h7,11-13H,2-6,8-10,17H2,1H3. The molecule has 5 rings (SSSR count). The van der Waals surface area contributed by atoms with Gasteiger partial charge in [-0.3, -0.25) is 4.68 Å². The van der Waals surface area contributed by atoms with Crippen LogP contribution < -0.4 is 10.5 Å². The fourth-order valence-corrected chi connectivity index (χ4v) is 5.56. The lowest BCUT2D eigenvalue weighted by Gasteiger charge is -2.57. The summed E-state index contributed by atoms with van der Waals surface area (Å²) in [7, 11) is 1.71. The quantitative estimate of drug-likeness (QED) is 0.917. The Kier molecular flexibility index (Phi) is 2.85. The highest BCUT2D eigenvalue weighted by Crippen LogP contribution is 2.59. The third kappa shape index (κ3) is 1.80. The molecule has 2 N–H and O–H groups in total. The highest BCUT2D eigenvalue weighted by Gasteiger charge is 2.52. The van der Waals surface area contributed by atoms with Gasteiger partial charge < -0.3 is 10.5 Å². The molecule has 0 aliphatic heterocycles. The second-order valence-corrected chi connectivity index (χ2v) is 7.27. The van der Waals surface area contributed by atoms with Gasteiger partial charge in [0.05, 0.1) is 12.6 Å². The molecule has 4 aliphatic carbocycles. The number of nitrogens with two attached hydrogens (primary N) is 1. The van der Waals surface area contributed by atoms with E-state index in [0.29, 0.717) is 6.54 Å². The van der Waals surface area contributed by atoms with Crippen molar-refractivity contribution in [1.82, 2.24) is 9.78 Å². The first-order valence-corrected chi connectivity index (χ1v) is 8.06. The zero-order valence-corrected chi connectivity index (χ0v) is 12.3. The summed E-state index contributed by atoms with van der Waals surface area (Å²) in [6, 6.07) is 2.09. The van der Waals surface area contributed by atoms with Crippen LogP contribution in [0.4, 0.5) is 0 Å². The normalized spacial score (nSPS) is 38.4. The van der Waals surface area contributed by atoms with E-state index in [0.717, 1.165) is 30.1 Å². The number of aromatic nitrogens is 2. The zero-order chi connectivity index (χ0) is 13.7. The molecule has 0 aromatic carbocycles. The lowest BCUT2D eigenvalue weighted by atomic mass is 9.53. The summed E-state index contributed by atoms with van der Waals surface area (Å²) in [6.07, 6.45) is 9.25. The third-order valence-electron chi connectivity index (χ3n) is 5.83. The average molecular weight is 275 g/mol. The van der Waals surface area contributed by atoms with Gasteiger partial charge in [-0.15, -0.1) is 5.10 Å². The van der Waals surface area contributed by atoms with Crippen molar-refractivity contribution in [3.8, 4) is 5.88 Å². The minimum absolute atomic E-state index is 0.274. The second-order valence-electron chi connectivity index (χ2n) is 7.27. The molecule has 0 saturated heterocycles. The maximum absolute atomic E-state index is 5.79. The number of ether oxygens (including phenoxy) is 1. The molecule has 4 saturated carbocycles. The largest absolute Gasteiger partial charge is 0.480 e. The fraction of sp³-hybridized carbons (Fsp3) is 0.812. The molecule has 4 fully saturated rings. The van der Waals surface area contributed by atoms with Crippen LogP contribution in [-0.2, 0) is 12.0 Å². The maximum Gasteiger partial charge on any atom is 0.232 e. The van der Waals surface area contributed by atoms with E-state index < -0.39 is 0 Å². The molecule has 0 unspecified atom stereocenters. The SMILES string of the molecule is COc1cc(CCN)n(C23CC4CC(CC(C4)C2)C3)n1. The van der Waals surface area contributed by atoms with Crippen LogP contribution in [0.3, 0.4) is 0 Å². The van der Waals surface area contributed by atoms with Gasteiger partial charge in [0, 0.05) is 18.2 Å². The summed E-state index contributed by atoms with van der Waals surface area (Å²) in [5.74, 6) is 3.55. The minimum atomic E-state index is 0.274. The molecule has 4 bridgehead atoms. The van der Waals surface area contributed by atoms with Crippen molar-refractivity contribution in [2.75, 3.05) is 13.7 Å². The summed E-state index contributed by atoms with van der Waals surface area (Å²) in [6.45, 7) is 0.682. The Morgan fingerprint density at radius 1 is 1.25 bits per heavy atom. The second kappa shape index (κ2) is 4.48. The van der Waals surface area contributed by atoms with Gasteiger partial charge in [-0.25, -0.2) is 0 Å². The Morgan fingerprint density at radius 3 is 2.35 bits per heavy atom. The zero-order valence-electron chi connectivity index (χ0n) is 12.3. The van der Waals surface area contributed by atoms with E-state index in [4.69, 9.17) is 15.6 Å². The fourth-order valence-electron chi connectivity index (χ4n) is 5.56. The van der Waals surface area contributed by atoms with E-state index in [1.807, 2.05) is 0 Å². The van der Waals surface area contributed by atoms with E-state index in [2.05, 4.69) is 10.7 Å². The molecular weight excluding hydrogens is 250 g/mol. The van der Waals surface area contributed by atoms with Crippen LogP contribution in [0.25, 0.3) is 0 Å². The van der Waals surface area contributed by atoms with Crippen LogP contribution >= 0.6 is 0 Å². The molecular formula is C16H25N3O. The van der Waals surface area contributed by atoms with Gasteiger partial charge in [-0.2, -0.15) is 0 Å². The number of methoxy groups -OCH3 is 1. The summed E-state index contributed by atoms with van der Waals surface area (Å²) >= 11 is 0. The first kappa shape index (κ1) is 12.7. The van der Waals surface area contributed by atoms with Crippen LogP contribution in [0, 0.1) is 17.8 Å². The van der Waals surface area contributed by atoms with Crippen molar-refractivity contribution < 1.29 is 4.74 Å². The molecule has 0 amide bonds. The number of nitrogens with zero attached hydrogens (tertiary/aromatic N) is 2. The molecule has 4 nitrogen and oxygen atoms in total. The van der Waals surface area contributed by atoms with Gasteiger partial charge in [0.25, 0.3) is 0 Å². The highest BCUT2D eigenvalue weighted by atomic mass is 16.5. The molecule has 20 heavy (non-hydrogen) atoms. The molecule has 1 aromatic heterocycles. The van der Waals surface area contributed by atoms with Crippen LogP contribution in [-0.4, -0.2) is 23.4 Å². The van der Waals surface area contributed by atoms with Gasteiger partial charge in [0.2, 0.25) is 5.88 Å². The Labute approximate surface area is 120 Å². The van der Waals surface area contributed by atoms with Crippen LogP contribution in [0.15, 0.2) is 6.07 Å².